The summed E-state index contributed by atoms with van der Waals surface area (Å²) in [6.45, 7) is 2.03. The lowest BCUT2D eigenvalue weighted by Gasteiger charge is -2.27. The number of hydrogen-bond acceptors (Lipinski definition) is 6. The number of aromatic nitrogens is 4. The van der Waals surface area contributed by atoms with Crippen LogP contribution in [-0.4, -0.2) is 40.4 Å². The Labute approximate surface area is 137 Å². The van der Waals surface area contributed by atoms with Gasteiger partial charge in [0.25, 0.3) is 0 Å². The second kappa shape index (κ2) is 6.06. The average molecular weight is 316 g/mol. The van der Waals surface area contributed by atoms with Crippen molar-refractivity contribution < 1.29 is 6.16 Å². The van der Waals surface area contributed by atoms with Crippen LogP contribution in [0.15, 0.2) is 12.3 Å². The van der Waals surface area contributed by atoms with Crippen molar-refractivity contribution in [1.29, 1.82) is 0 Å². The predicted octanol–water partition coefficient (Wildman–Crippen LogP) is 3.07. The van der Waals surface area contributed by atoms with Gasteiger partial charge in [-0.25, -0.2) is 4.98 Å². The number of piperidine rings is 1. The van der Waals surface area contributed by atoms with Crippen molar-refractivity contribution in [2.75, 3.05) is 30.4 Å². The largest absolute Gasteiger partial charge is 0.491 e. The molecular weight excluding hydrogens is 292 g/mol. The lowest BCUT2D eigenvalue weighted by atomic mass is 10.1. The first-order chi connectivity index (χ1) is 11.3. The number of ether oxygens (including phenoxy) is 1. The normalized spacial score (nSPS) is 18.0. The molecule has 7 nitrogen and oxygen atoms in total. The van der Waals surface area contributed by atoms with Gasteiger partial charge in [0.2, 0.25) is 5.95 Å². The standard InChI is InChI=1S/C16H22N6O.H2/c1-23-13-10-17-16(22-7-3-2-4-8-22)19-15(13)18-14-9-12(20-21-14)11-5-6-11;/h9-11H,2-8H2,1H3,(H2,17,18,19,20,21);1H. The van der Waals surface area contributed by atoms with E-state index in [1.165, 1.54) is 37.8 Å². The Kier molecular flexibility index (Phi) is 3.77. The zero-order valence-corrected chi connectivity index (χ0v) is 13.4. The molecule has 23 heavy (non-hydrogen) atoms. The van der Waals surface area contributed by atoms with Crippen molar-refractivity contribution in [2.45, 2.75) is 38.0 Å². The van der Waals surface area contributed by atoms with Gasteiger partial charge in [0.05, 0.1) is 13.3 Å². The minimum absolute atomic E-state index is 0. The van der Waals surface area contributed by atoms with Crippen LogP contribution in [0.1, 0.15) is 45.1 Å². The molecule has 2 fully saturated rings. The maximum atomic E-state index is 5.38. The molecule has 0 bridgehead atoms. The van der Waals surface area contributed by atoms with Gasteiger partial charge in [-0.2, -0.15) is 10.1 Å². The van der Waals surface area contributed by atoms with E-state index in [0.717, 1.165) is 24.9 Å². The van der Waals surface area contributed by atoms with Crippen molar-refractivity contribution >= 4 is 17.6 Å². The summed E-state index contributed by atoms with van der Waals surface area (Å²) >= 11 is 0. The number of aromatic amines is 1. The van der Waals surface area contributed by atoms with Crippen molar-refractivity contribution in [3.8, 4) is 5.75 Å². The van der Waals surface area contributed by atoms with Crippen molar-refractivity contribution in [2.24, 2.45) is 0 Å². The van der Waals surface area contributed by atoms with Gasteiger partial charge in [-0.3, -0.25) is 5.10 Å². The number of rotatable bonds is 5. The summed E-state index contributed by atoms with van der Waals surface area (Å²) in [5.41, 5.74) is 1.19. The quantitative estimate of drug-likeness (QED) is 0.882. The molecule has 2 aromatic heterocycles. The van der Waals surface area contributed by atoms with Crippen LogP contribution in [0.25, 0.3) is 0 Å². The molecule has 1 saturated carbocycles. The molecule has 1 saturated heterocycles. The van der Waals surface area contributed by atoms with Crippen LogP contribution < -0.4 is 15.0 Å². The summed E-state index contributed by atoms with van der Waals surface area (Å²) in [6.07, 6.45) is 7.91. The van der Waals surface area contributed by atoms with E-state index >= 15 is 0 Å². The third-order valence-electron chi connectivity index (χ3n) is 4.46. The van der Waals surface area contributed by atoms with E-state index in [4.69, 9.17) is 4.74 Å². The minimum Gasteiger partial charge on any atom is -0.491 e. The summed E-state index contributed by atoms with van der Waals surface area (Å²) in [5.74, 6) is 3.47. The Balaban J connectivity index is 0.00000169. The van der Waals surface area contributed by atoms with Crippen LogP contribution in [-0.2, 0) is 0 Å². The van der Waals surface area contributed by atoms with Crippen LogP contribution in [0.2, 0.25) is 0 Å². The summed E-state index contributed by atoms with van der Waals surface area (Å²) in [6, 6.07) is 2.06. The number of hydrogen-bond donors (Lipinski definition) is 2. The number of nitrogens with one attached hydrogen (secondary N) is 2. The molecule has 0 radical (unpaired) electrons. The summed E-state index contributed by atoms with van der Waals surface area (Å²) < 4.78 is 5.38. The Morgan fingerprint density at radius 3 is 2.87 bits per heavy atom. The molecule has 0 spiro atoms. The van der Waals surface area contributed by atoms with Gasteiger partial charge in [0.15, 0.2) is 17.4 Å². The Hall–Kier alpha value is -2.31. The van der Waals surface area contributed by atoms with Crippen LogP contribution >= 0.6 is 0 Å². The summed E-state index contributed by atoms with van der Waals surface area (Å²) in [7, 11) is 1.63. The third-order valence-corrected chi connectivity index (χ3v) is 4.46. The number of nitrogens with zero attached hydrogens (tertiary/aromatic N) is 4. The molecule has 124 valence electrons. The van der Waals surface area contributed by atoms with E-state index in [0.29, 0.717) is 17.5 Å². The fraction of sp³-hybridized carbons (Fsp3) is 0.562. The molecule has 0 amide bonds. The molecule has 4 rings (SSSR count). The number of H-pyrrole nitrogens is 1. The van der Waals surface area contributed by atoms with Gasteiger partial charge in [-0.05, 0) is 32.1 Å². The molecule has 3 heterocycles. The topological polar surface area (TPSA) is 79.0 Å². The first-order valence-electron chi connectivity index (χ1n) is 8.32. The Morgan fingerprint density at radius 1 is 1.30 bits per heavy atom. The second-order valence-corrected chi connectivity index (χ2v) is 6.24. The van der Waals surface area contributed by atoms with Gasteiger partial charge in [-0.1, -0.05) is 0 Å². The van der Waals surface area contributed by atoms with E-state index < -0.39 is 0 Å². The van der Waals surface area contributed by atoms with E-state index in [1.807, 2.05) is 0 Å². The molecule has 7 heteroatoms. The maximum absolute atomic E-state index is 5.38. The molecule has 0 unspecified atom stereocenters. The van der Waals surface area contributed by atoms with Gasteiger partial charge in [-0.15, -0.1) is 0 Å². The van der Waals surface area contributed by atoms with Gasteiger partial charge < -0.3 is 15.0 Å². The Morgan fingerprint density at radius 2 is 2.13 bits per heavy atom. The van der Waals surface area contributed by atoms with Crippen LogP contribution in [0.5, 0.6) is 5.75 Å². The van der Waals surface area contributed by atoms with Crippen molar-refractivity contribution in [1.82, 2.24) is 20.2 Å². The molecule has 2 aromatic rings. The molecule has 0 aromatic carbocycles. The zero-order chi connectivity index (χ0) is 15.6. The number of anilines is 3. The Bertz CT molecular complexity index is 681. The highest BCUT2D eigenvalue weighted by molar-refractivity contribution is 5.61. The first-order valence-corrected chi connectivity index (χ1v) is 8.32. The van der Waals surface area contributed by atoms with Crippen molar-refractivity contribution in [3.63, 3.8) is 0 Å². The van der Waals surface area contributed by atoms with E-state index in [9.17, 15) is 0 Å². The van der Waals surface area contributed by atoms with Gasteiger partial charge in [0, 0.05) is 32.2 Å². The van der Waals surface area contributed by atoms with E-state index in [-0.39, 0.29) is 1.43 Å². The first kappa shape index (κ1) is 14.3. The van der Waals surface area contributed by atoms with Crippen LogP contribution in [0.4, 0.5) is 17.6 Å². The van der Waals surface area contributed by atoms with Crippen molar-refractivity contribution in [3.05, 3.63) is 18.0 Å². The lowest BCUT2D eigenvalue weighted by molar-refractivity contribution is 0.413. The second-order valence-electron chi connectivity index (χ2n) is 6.24. The highest BCUT2D eigenvalue weighted by atomic mass is 16.5. The highest BCUT2D eigenvalue weighted by Gasteiger charge is 2.25. The summed E-state index contributed by atoms with van der Waals surface area (Å²) in [4.78, 5) is 11.3. The molecule has 1 aliphatic heterocycles. The molecule has 1 aliphatic carbocycles. The summed E-state index contributed by atoms with van der Waals surface area (Å²) in [5, 5.41) is 10.7. The molecule has 2 aliphatic rings. The smallest absolute Gasteiger partial charge is 0.227 e. The predicted molar refractivity (Wildman–Crippen MR) is 90.6 cm³/mol. The maximum Gasteiger partial charge on any atom is 0.227 e. The van der Waals surface area contributed by atoms with E-state index in [1.54, 1.807) is 13.3 Å². The molecule has 2 N–H and O–H groups in total. The SMILES string of the molecule is COc1cnc(N2CCCCC2)nc1Nc1cc(C2CC2)[nH]n1.[HH]. The molecular formula is C16H24N6O. The lowest BCUT2D eigenvalue weighted by Crippen LogP contribution is -2.31. The van der Waals surface area contributed by atoms with Crippen LogP contribution in [0, 0.1) is 0 Å². The van der Waals surface area contributed by atoms with Crippen LogP contribution in [0.3, 0.4) is 0 Å². The van der Waals surface area contributed by atoms with E-state index in [2.05, 4.69) is 36.4 Å². The fourth-order valence-electron chi connectivity index (χ4n) is 2.97. The van der Waals surface area contributed by atoms with Gasteiger partial charge in [0.1, 0.15) is 0 Å². The number of methoxy groups -OCH3 is 1. The zero-order valence-electron chi connectivity index (χ0n) is 13.4. The molecule has 0 atom stereocenters. The minimum atomic E-state index is 0. The fourth-order valence-corrected chi connectivity index (χ4v) is 2.97. The monoisotopic (exact) mass is 316 g/mol. The highest BCUT2D eigenvalue weighted by Crippen LogP contribution is 2.40. The van der Waals surface area contributed by atoms with Gasteiger partial charge >= 0.3 is 0 Å². The third kappa shape index (κ3) is 3.09. The average Bonchev–Trinajstić information content (AvgIpc) is 3.35.